The Morgan fingerprint density at radius 2 is 2.03 bits per heavy atom. The van der Waals surface area contributed by atoms with E-state index in [1.54, 1.807) is 10.4 Å². The molecule has 1 aromatic carbocycles. The molecule has 13 heteroatoms. The molecule has 2 atom stereocenters. The van der Waals surface area contributed by atoms with Crippen LogP contribution in [0.1, 0.15) is 30.0 Å². The molecule has 1 aliphatic carbocycles. The Kier molecular flexibility index (Phi) is 4.66. The second kappa shape index (κ2) is 7.27. The van der Waals surface area contributed by atoms with Crippen LogP contribution in [-0.4, -0.2) is 53.9 Å². The topological polar surface area (TPSA) is 143 Å². The molecule has 3 heterocycles. The van der Waals surface area contributed by atoms with Crippen molar-refractivity contribution in [2.75, 3.05) is 24.7 Å². The lowest BCUT2D eigenvalue weighted by atomic mass is 9.83. The highest BCUT2D eigenvalue weighted by Crippen LogP contribution is 2.38. The van der Waals surface area contributed by atoms with E-state index >= 15 is 0 Å². The highest BCUT2D eigenvalue weighted by molar-refractivity contribution is 7.89. The van der Waals surface area contributed by atoms with Crippen molar-refractivity contribution in [2.24, 2.45) is 0 Å². The smallest absolute Gasteiger partial charge is 0.362 e. The van der Waals surface area contributed by atoms with Gasteiger partial charge >= 0.3 is 5.76 Å². The number of benzene rings is 1. The van der Waals surface area contributed by atoms with Crippen molar-refractivity contribution >= 4 is 15.7 Å². The highest BCUT2D eigenvalue weighted by atomic mass is 32.2. The van der Waals surface area contributed by atoms with Gasteiger partial charge < -0.3 is 5.32 Å². The van der Waals surface area contributed by atoms with Gasteiger partial charge in [0.05, 0.1) is 6.04 Å². The summed E-state index contributed by atoms with van der Waals surface area (Å²) in [7, 11) is -2.73. The second-order valence-corrected chi connectivity index (χ2v) is 9.94. The van der Waals surface area contributed by atoms with E-state index in [9.17, 15) is 13.4 Å². The van der Waals surface area contributed by atoms with E-state index in [4.69, 9.17) is 13.9 Å². The molecule has 2 aliphatic rings. The minimum Gasteiger partial charge on any atom is -0.362 e. The molecular formula is C18H20FN7O4S. The zero-order chi connectivity index (χ0) is 21.8. The standard InChI is InChI=1S/C18H20FN7O4S/c1-31(20,28)25-6-4-12(5-7-25)21-16-15(22-30-23-16)17-24-29-18(27)26(17)14-8-10-2-3-11(19)9-13(10)14/h2-3,9,12,14,20H,4-8H2,1H3,(H,21,23). The lowest BCUT2D eigenvalue weighted by Crippen LogP contribution is -2.41. The number of anilines is 1. The summed E-state index contributed by atoms with van der Waals surface area (Å²) in [5, 5.41) is 14.9. The van der Waals surface area contributed by atoms with E-state index in [1.165, 1.54) is 23.0 Å². The highest BCUT2D eigenvalue weighted by Gasteiger charge is 2.35. The first-order valence-corrected chi connectivity index (χ1v) is 11.7. The van der Waals surface area contributed by atoms with Gasteiger partial charge in [-0.2, -0.15) is 0 Å². The Bertz CT molecular complexity index is 1290. The number of hydrogen-bond donors (Lipinski definition) is 2. The minimum atomic E-state index is -2.73. The maximum atomic E-state index is 13.7. The van der Waals surface area contributed by atoms with Crippen molar-refractivity contribution in [3.8, 4) is 11.5 Å². The number of nitrogens with one attached hydrogen (secondary N) is 2. The lowest BCUT2D eigenvalue weighted by molar-refractivity contribution is 0.307. The van der Waals surface area contributed by atoms with Gasteiger partial charge in [0.2, 0.25) is 11.6 Å². The van der Waals surface area contributed by atoms with Crippen molar-refractivity contribution < 1.29 is 17.8 Å². The van der Waals surface area contributed by atoms with Gasteiger partial charge in [0.25, 0.3) is 0 Å². The summed E-state index contributed by atoms with van der Waals surface area (Å²) in [4.78, 5) is 12.4. The van der Waals surface area contributed by atoms with Crippen LogP contribution in [0.2, 0.25) is 0 Å². The third kappa shape index (κ3) is 3.53. The van der Waals surface area contributed by atoms with Crippen molar-refractivity contribution in [3.63, 3.8) is 0 Å². The van der Waals surface area contributed by atoms with Crippen LogP contribution in [0.15, 0.2) is 32.1 Å². The number of fused-ring (bicyclic) bond motifs is 1. The predicted octanol–water partition coefficient (Wildman–Crippen LogP) is 1.64. The fourth-order valence-electron chi connectivity index (χ4n) is 4.14. The second-order valence-electron chi connectivity index (χ2n) is 7.82. The lowest BCUT2D eigenvalue weighted by Gasteiger charge is -2.32. The summed E-state index contributed by atoms with van der Waals surface area (Å²) in [5.74, 6) is -0.600. The Balaban J connectivity index is 1.39. The van der Waals surface area contributed by atoms with Crippen LogP contribution in [0, 0.1) is 10.6 Å². The van der Waals surface area contributed by atoms with Crippen LogP contribution in [0.5, 0.6) is 0 Å². The fraction of sp³-hybridized carbons (Fsp3) is 0.444. The molecule has 0 radical (unpaired) electrons. The normalized spacial score (nSPS) is 21.3. The monoisotopic (exact) mass is 449 g/mol. The molecule has 0 saturated carbocycles. The summed E-state index contributed by atoms with van der Waals surface area (Å²) in [5.41, 5.74) is 1.87. The van der Waals surface area contributed by atoms with Crippen LogP contribution in [0.25, 0.3) is 11.5 Å². The molecule has 1 aliphatic heterocycles. The van der Waals surface area contributed by atoms with Gasteiger partial charge in [-0.1, -0.05) is 11.2 Å². The van der Waals surface area contributed by atoms with Crippen LogP contribution in [0.3, 0.4) is 0 Å². The summed E-state index contributed by atoms with van der Waals surface area (Å²) in [6.07, 6.45) is 3.25. The van der Waals surface area contributed by atoms with Crippen molar-refractivity contribution in [1.82, 2.24) is 24.3 Å². The molecular weight excluding hydrogens is 429 g/mol. The van der Waals surface area contributed by atoms with Crippen LogP contribution < -0.4 is 11.1 Å². The molecule has 11 nitrogen and oxygen atoms in total. The minimum absolute atomic E-state index is 0.00533. The van der Waals surface area contributed by atoms with Crippen LogP contribution in [0.4, 0.5) is 10.2 Å². The largest absolute Gasteiger partial charge is 0.442 e. The van der Waals surface area contributed by atoms with E-state index in [0.29, 0.717) is 43.7 Å². The molecule has 0 spiro atoms. The number of rotatable bonds is 5. The zero-order valence-electron chi connectivity index (χ0n) is 16.6. The van der Waals surface area contributed by atoms with Gasteiger partial charge in [-0.3, -0.25) is 4.52 Å². The van der Waals surface area contributed by atoms with Crippen molar-refractivity contribution in [1.29, 1.82) is 4.78 Å². The third-order valence-electron chi connectivity index (χ3n) is 5.81. The first-order valence-electron chi connectivity index (χ1n) is 9.76. The van der Waals surface area contributed by atoms with Gasteiger partial charge in [0, 0.05) is 25.4 Å². The Morgan fingerprint density at radius 1 is 1.26 bits per heavy atom. The van der Waals surface area contributed by atoms with E-state index in [2.05, 4.69) is 20.8 Å². The summed E-state index contributed by atoms with van der Waals surface area (Å²) < 4.78 is 46.1. The van der Waals surface area contributed by atoms with E-state index in [-0.39, 0.29) is 23.4 Å². The van der Waals surface area contributed by atoms with Crippen molar-refractivity contribution in [3.05, 3.63) is 45.7 Å². The number of hydrogen-bond acceptors (Lipinski definition) is 9. The molecule has 0 bridgehead atoms. The summed E-state index contributed by atoms with van der Waals surface area (Å²) in [6, 6.07) is 4.07. The van der Waals surface area contributed by atoms with Gasteiger partial charge in [-0.15, -0.1) is 0 Å². The number of aromatic nitrogens is 4. The molecule has 1 fully saturated rings. The summed E-state index contributed by atoms with van der Waals surface area (Å²) in [6.45, 7) is 1.02. The van der Waals surface area contributed by atoms with Crippen LogP contribution >= 0.6 is 0 Å². The van der Waals surface area contributed by atoms with E-state index < -0.39 is 21.7 Å². The molecule has 5 rings (SSSR count). The molecule has 1 saturated heterocycles. The molecule has 164 valence electrons. The van der Waals surface area contributed by atoms with E-state index in [0.717, 1.165) is 5.56 Å². The number of nitrogens with zero attached hydrogens (tertiary/aromatic N) is 5. The Morgan fingerprint density at radius 3 is 2.77 bits per heavy atom. The summed E-state index contributed by atoms with van der Waals surface area (Å²) >= 11 is 0. The van der Waals surface area contributed by atoms with Gasteiger partial charge in [-0.05, 0) is 52.8 Å². The maximum Gasteiger partial charge on any atom is 0.442 e. The first kappa shape index (κ1) is 19.9. The van der Waals surface area contributed by atoms with Crippen LogP contribution in [-0.2, 0) is 16.3 Å². The van der Waals surface area contributed by atoms with Gasteiger partial charge in [0.1, 0.15) is 15.7 Å². The maximum absolute atomic E-state index is 13.7. The Labute approximate surface area is 176 Å². The Hall–Kier alpha value is -3.06. The average Bonchev–Trinajstić information content (AvgIpc) is 3.31. The quantitative estimate of drug-likeness (QED) is 0.598. The molecule has 31 heavy (non-hydrogen) atoms. The van der Waals surface area contributed by atoms with Gasteiger partial charge in [-0.25, -0.2) is 31.7 Å². The molecule has 0 amide bonds. The van der Waals surface area contributed by atoms with Gasteiger partial charge in [0.15, 0.2) is 5.69 Å². The molecule has 3 aromatic rings. The SMILES string of the molecule is CS(=N)(=O)N1CCC(Nc2nonc2-c2noc(=O)n2C2Cc3ccc(F)cc32)CC1. The number of piperidine rings is 1. The number of halogens is 1. The molecule has 2 aromatic heterocycles. The third-order valence-corrected chi connectivity index (χ3v) is 7.17. The first-order chi connectivity index (χ1) is 14.8. The molecule has 2 N–H and O–H groups in total. The molecule has 2 unspecified atom stereocenters. The predicted molar refractivity (Wildman–Crippen MR) is 107 cm³/mol. The fourth-order valence-corrected chi connectivity index (χ4v) is 5.05. The van der Waals surface area contributed by atoms with E-state index in [1.807, 2.05) is 0 Å². The zero-order valence-corrected chi connectivity index (χ0v) is 17.4. The average molecular weight is 449 g/mol. The van der Waals surface area contributed by atoms with Crippen molar-refractivity contribution in [2.45, 2.75) is 31.3 Å².